The molecule has 0 saturated carbocycles. The lowest BCUT2D eigenvalue weighted by Gasteiger charge is -2.10. The van der Waals surface area contributed by atoms with Gasteiger partial charge in [0.25, 0.3) is 0 Å². The minimum atomic E-state index is -1.74. The molecule has 0 amide bonds. The van der Waals surface area contributed by atoms with Crippen molar-refractivity contribution in [1.29, 1.82) is 0 Å². The van der Waals surface area contributed by atoms with E-state index in [0.29, 0.717) is 23.0 Å². The lowest BCUT2D eigenvalue weighted by molar-refractivity contribution is 0.0781. The molecule has 0 aliphatic carbocycles. The zero-order chi connectivity index (χ0) is 11.6. The van der Waals surface area contributed by atoms with Gasteiger partial charge in [-0.2, -0.15) is 0 Å². The fraction of sp³-hybridized carbons (Fsp3) is 0.250. The molecule has 8 heteroatoms. The van der Waals surface area contributed by atoms with E-state index < -0.39 is 9.41 Å². The highest BCUT2D eigenvalue weighted by Crippen LogP contribution is 2.52. The molecule has 0 atom stereocenters. The van der Waals surface area contributed by atoms with Crippen molar-refractivity contribution in [2.75, 3.05) is 0 Å². The zero-order valence-electron chi connectivity index (χ0n) is 7.30. The normalized spacial score (nSPS) is 22.2. The summed E-state index contributed by atoms with van der Waals surface area (Å²) >= 11 is 22.6. The summed E-state index contributed by atoms with van der Waals surface area (Å²) in [6, 6.07) is 2.95. The molecular weight excluding hydrogens is 302 g/mol. The number of rotatable bonds is 0. The van der Waals surface area contributed by atoms with Gasteiger partial charge in [-0.25, -0.2) is 0 Å². The van der Waals surface area contributed by atoms with Crippen molar-refractivity contribution < 1.29 is 18.9 Å². The van der Waals surface area contributed by atoms with E-state index in [1.165, 1.54) is 12.1 Å². The van der Waals surface area contributed by atoms with Crippen LogP contribution in [0.25, 0.3) is 0 Å². The Labute approximate surface area is 110 Å². The summed E-state index contributed by atoms with van der Waals surface area (Å²) in [6.07, 6.45) is 0. The van der Waals surface area contributed by atoms with Gasteiger partial charge in [0, 0.05) is 12.1 Å². The van der Waals surface area contributed by atoms with E-state index in [1.807, 2.05) is 0 Å². The first kappa shape index (κ1) is 10.7. The summed E-state index contributed by atoms with van der Waals surface area (Å²) in [7, 11) is 0. The second kappa shape index (κ2) is 3.07. The second-order valence-electron chi connectivity index (χ2n) is 3.08. The Kier molecular flexibility index (Phi) is 2.06. The standard InChI is InChI=1S/C8H2Cl4O4/c9-7(10)13-3-1-4-6(2-5(3)15-7)16-8(11,12)14-4/h1-2H. The molecule has 0 spiro atoms. The van der Waals surface area contributed by atoms with Gasteiger partial charge >= 0.3 is 9.41 Å². The highest BCUT2D eigenvalue weighted by molar-refractivity contribution is 6.47. The highest BCUT2D eigenvalue weighted by Gasteiger charge is 2.43. The van der Waals surface area contributed by atoms with Crippen molar-refractivity contribution >= 4 is 46.4 Å². The van der Waals surface area contributed by atoms with Crippen molar-refractivity contribution in [2.24, 2.45) is 0 Å². The van der Waals surface area contributed by atoms with Crippen LogP contribution in [0.4, 0.5) is 0 Å². The Bertz CT molecular complexity index is 395. The number of ether oxygens (including phenoxy) is 4. The molecule has 0 aromatic heterocycles. The van der Waals surface area contributed by atoms with Crippen LogP contribution >= 0.6 is 46.4 Å². The summed E-state index contributed by atoms with van der Waals surface area (Å²) in [6.45, 7) is 0. The molecule has 0 saturated heterocycles. The van der Waals surface area contributed by atoms with Crippen LogP contribution in [0.5, 0.6) is 23.0 Å². The first-order chi connectivity index (χ1) is 7.35. The van der Waals surface area contributed by atoms with Gasteiger partial charge < -0.3 is 18.9 Å². The summed E-state index contributed by atoms with van der Waals surface area (Å²) in [4.78, 5) is 0. The van der Waals surface area contributed by atoms with Gasteiger partial charge in [-0.1, -0.05) is 0 Å². The van der Waals surface area contributed by atoms with Gasteiger partial charge in [0.1, 0.15) is 0 Å². The lowest BCUT2D eigenvalue weighted by atomic mass is 10.3. The average Bonchev–Trinajstić information content (AvgIpc) is 2.51. The molecule has 2 heterocycles. The number of benzene rings is 1. The van der Waals surface area contributed by atoms with E-state index >= 15 is 0 Å². The minimum Gasteiger partial charge on any atom is -0.423 e. The van der Waals surface area contributed by atoms with E-state index in [1.54, 1.807) is 0 Å². The number of fused-ring (bicyclic) bond motifs is 2. The van der Waals surface area contributed by atoms with E-state index in [4.69, 9.17) is 65.4 Å². The zero-order valence-corrected chi connectivity index (χ0v) is 10.3. The molecule has 0 radical (unpaired) electrons. The van der Waals surface area contributed by atoms with E-state index in [-0.39, 0.29) is 0 Å². The second-order valence-corrected chi connectivity index (χ2v) is 5.46. The lowest BCUT2D eigenvalue weighted by Crippen LogP contribution is -2.23. The molecule has 0 bridgehead atoms. The average molecular weight is 304 g/mol. The Morgan fingerprint density at radius 2 is 0.875 bits per heavy atom. The smallest absolute Gasteiger partial charge is 0.419 e. The van der Waals surface area contributed by atoms with Gasteiger partial charge in [-0.15, -0.1) is 0 Å². The van der Waals surface area contributed by atoms with Crippen LogP contribution < -0.4 is 18.9 Å². The molecule has 4 nitrogen and oxygen atoms in total. The summed E-state index contributed by atoms with van der Waals surface area (Å²) < 4.78 is 16.8. The Morgan fingerprint density at radius 3 is 1.12 bits per heavy atom. The van der Waals surface area contributed by atoms with Crippen molar-refractivity contribution in [2.45, 2.75) is 9.41 Å². The minimum absolute atomic E-state index is 0.318. The predicted octanol–water partition coefficient (Wildman–Crippen LogP) is 3.41. The molecule has 0 N–H and O–H groups in total. The molecule has 86 valence electrons. The van der Waals surface area contributed by atoms with Crippen molar-refractivity contribution in [1.82, 2.24) is 0 Å². The Balaban J connectivity index is 2.02. The SMILES string of the molecule is ClC1(Cl)Oc2cc3c(cc2O1)OC(Cl)(Cl)O3. The van der Waals surface area contributed by atoms with E-state index in [2.05, 4.69) is 0 Å². The maximum Gasteiger partial charge on any atom is 0.419 e. The van der Waals surface area contributed by atoms with Gasteiger partial charge in [0.15, 0.2) is 23.0 Å². The van der Waals surface area contributed by atoms with E-state index in [9.17, 15) is 0 Å². The van der Waals surface area contributed by atoms with Crippen LogP contribution in [-0.4, -0.2) is 9.41 Å². The van der Waals surface area contributed by atoms with Crippen LogP contribution in [0.3, 0.4) is 0 Å². The molecule has 0 fully saturated rings. The first-order valence-corrected chi connectivity index (χ1v) is 5.56. The third-order valence-corrected chi connectivity index (χ3v) is 2.54. The maximum atomic E-state index is 5.64. The third-order valence-electron chi connectivity index (χ3n) is 1.93. The topological polar surface area (TPSA) is 36.9 Å². The van der Waals surface area contributed by atoms with Gasteiger partial charge in [-0.05, 0) is 46.4 Å². The number of hydrogen-bond donors (Lipinski definition) is 0. The van der Waals surface area contributed by atoms with Crippen molar-refractivity contribution in [3.05, 3.63) is 12.1 Å². The maximum absolute atomic E-state index is 5.64. The summed E-state index contributed by atoms with van der Waals surface area (Å²) in [5, 5.41) is 0. The fourth-order valence-corrected chi connectivity index (χ4v) is 2.06. The van der Waals surface area contributed by atoms with Crippen molar-refractivity contribution in [3.63, 3.8) is 0 Å². The van der Waals surface area contributed by atoms with E-state index in [0.717, 1.165) is 0 Å². The first-order valence-electron chi connectivity index (χ1n) is 4.04. The monoisotopic (exact) mass is 302 g/mol. The number of alkyl halides is 4. The van der Waals surface area contributed by atoms with Crippen LogP contribution in [0.1, 0.15) is 0 Å². The predicted molar refractivity (Wildman–Crippen MR) is 57.8 cm³/mol. The van der Waals surface area contributed by atoms with Gasteiger partial charge in [0.05, 0.1) is 0 Å². The van der Waals surface area contributed by atoms with Crippen LogP contribution in [0, 0.1) is 0 Å². The Morgan fingerprint density at radius 1 is 0.625 bits per heavy atom. The van der Waals surface area contributed by atoms with Crippen LogP contribution in [0.15, 0.2) is 12.1 Å². The molecule has 0 unspecified atom stereocenters. The molecular formula is C8H2Cl4O4. The quantitative estimate of drug-likeness (QED) is 0.688. The van der Waals surface area contributed by atoms with Gasteiger partial charge in [0.2, 0.25) is 0 Å². The van der Waals surface area contributed by atoms with Gasteiger partial charge in [-0.3, -0.25) is 0 Å². The molecule has 2 aliphatic rings. The number of halogens is 4. The van der Waals surface area contributed by atoms with Crippen LogP contribution in [-0.2, 0) is 0 Å². The Hall–Kier alpha value is -0.420. The summed E-state index contributed by atoms with van der Waals surface area (Å²) in [5.41, 5.74) is 0. The van der Waals surface area contributed by atoms with Crippen molar-refractivity contribution in [3.8, 4) is 23.0 Å². The van der Waals surface area contributed by atoms with Crippen LogP contribution in [0.2, 0.25) is 0 Å². The fourth-order valence-electron chi connectivity index (χ4n) is 1.40. The molecule has 1 aromatic carbocycles. The molecule has 16 heavy (non-hydrogen) atoms. The molecule has 2 aliphatic heterocycles. The molecule has 3 rings (SSSR count). The molecule has 1 aromatic rings. The summed E-state index contributed by atoms with van der Waals surface area (Å²) in [5.74, 6) is 1.27. The highest BCUT2D eigenvalue weighted by atomic mass is 35.5. The number of hydrogen-bond acceptors (Lipinski definition) is 4. The largest absolute Gasteiger partial charge is 0.423 e. The third kappa shape index (κ3) is 1.70.